The van der Waals surface area contributed by atoms with Crippen LogP contribution in [0, 0.1) is 0 Å². The average Bonchev–Trinajstić information content (AvgIpc) is 2.89. The highest BCUT2D eigenvalue weighted by Gasteiger charge is 2.34. The van der Waals surface area contributed by atoms with Crippen LogP contribution in [0.4, 0.5) is 0 Å². The fourth-order valence-electron chi connectivity index (χ4n) is 1.70. The van der Waals surface area contributed by atoms with Gasteiger partial charge in [0.25, 0.3) is 0 Å². The van der Waals surface area contributed by atoms with Crippen LogP contribution >= 0.6 is 11.3 Å². The van der Waals surface area contributed by atoms with E-state index in [1.54, 1.807) is 18.4 Å². The summed E-state index contributed by atoms with van der Waals surface area (Å²) in [7, 11) is 1.75. The summed E-state index contributed by atoms with van der Waals surface area (Å²) in [6.45, 7) is 3.11. The standard InChI is InChI=1S/C10H16N2O2S/c1-13-10(2-3-14-7-10)6-11-4-9-5-15-8-12-9/h5,8,11H,2-4,6-7H2,1H3. The van der Waals surface area contributed by atoms with E-state index >= 15 is 0 Å². The molecule has 1 aromatic heterocycles. The van der Waals surface area contributed by atoms with Crippen molar-refractivity contribution in [3.63, 3.8) is 0 Å². The molecule has 0 saturated carbocycles. The average molecular weight is 228 g/mol. The Balaban J connectivity index is 1.77. The molecule has 4 nitrogen and oxygen atoms in total. The van der Waals surface area contributed by atoms with Gasteiger partial charge >= 0.3 is 0 Å². The monoisotopic (exact) mass is 228 g/mol. The molecule has 1 N–H and O–H groups in total. The summed E-state index contributed by atoms with van der Waals surface area (Å²) in [5.41, 5.74) is 2.81. The molecule has 1 aliphatic rings. The van der Waals surface area contributed by atoms with Gasteiger partial charge in [-0.1, -0.05) is 0 Å². The van der Waals surface area contributed by atoms with Crippen molar-refractivity contribution in [2.45, 2.75) is 18.6 Å². The number of methoxy groups -OCH3 is 1. The zero-order chi connectivity index (χ0) is 10.6. The molecule has 15 heavy (non-hydrogen) atoms. The summed E-state index contributed by atoms with van der Waals surface area (Å²) in [5, 5.41) is 5.41. The number of nitrogens with one attached hydrogen (secondary N) is 1. The van der Waals surface area contributed by atoms with Crippen molar-refractivity contribution in [1.82, 2.24) is 10.3 Å². The van der Waals surface area contributed by atoms with E-state index in [-0.39, 0.29) is 5.60 Å². The first-order valence-corrected chi connectivity index (χ1v) is 6.00. The summed E-state index contributed by atoms with van der Waals surface area (Å²) < 4.78 is 10.9. The van der Waals surface area contributed by atoms with Crippen molar-refractivity contribution in [1.29, 1.82) is 0 Å². The number of hydrogen-bond acceptors (Lipinski definition) is 5. The maximum absolute atomic E-state index is 5.51. The van der Waals surface area contributed by atoms with Gasteiger partial charge in [0.15, 0.2) is 0 Å². The largest absolute Gasteiger partial charge is 0.378 e. The van der Waals surface area contributed by atoms with Gasteiger partial charge in [-0.2, -0.15) is 0 Å². The van der Waals surface area contributed by atoms with E-state index in [9.17, 15) is 0 Å². The lowest BCUT2D eigenvalue weighted by molar-refractivity contribution is -0.0159. The Morgan fingerprint density at radius 2 is 2.67 bits per heavy atom. The van der Waals surface area contributed by atoms with Crippen LogP contribution in [0.2, 0.25) is 0 Å². The lowest BCUT2D eigenvalue weighted by atomic mass is 10.0. The predicted octanol–water partition coefficient (Wildman–Crippen LogP) is 1.04. The second-order valence-electron chi connectivity index (χ2n) is 3.77. The van der Waals surface area contributed by atoms with Crippen molar-refractivity contribution in [3.05, 3.63) is 16.6 Å². The lowest BCUT2D eigenvalue weighted by Crippen LogP contribution is -2.42. The summed E-state index contributed by atoms with van der Waals surface area (Å²) in [5.74, 6) is 0. The zero-order valence-electron chi connectivity index (χ0n) is 8.86. The third-order valence-electron chi connectivity index (χ3n) is 2.74. The molecule has 0 radical (unpaired) electrons. The van der Waals surface area contributed by atoms with Gasteiger partial charge in [0.05, 0.1) is 17.8 Å². The Kier molecular flexibility index (Phi) is 3.69. The number of thiazole rings is 1. The van der Waals surface area contributed by atoms with E-state index in [1.165, 1.54) is 0 Å². The lowest BCUT2D eigenvalue weighted by Gasteiger charge is -2.25. The molecule has 1 saturated heterocycles. The summed E-state index contributed by atoms with van der Waals surface area (Å²) in [4.78, 5) is 4.21. The second kappa shape index (κ2) is 5.03. The van der Waals surface area contributed by atoms with Crippen LogP contribution in [-0.4, -0.2) is 37.5 Å². The van der Waals surface area contributed by atoms with Crippen molar-refractivity contribution >= 4 is 11.3 Å². The molecule has 2 rings (SSSR count). The molecular weight excluding hydrogens is 212 g/mol. The summed E-state index contributed by atoms with van der Waals surface area (Å²) in [6, 6.07) is 0. The fraction of sp³-hybridized carbons (Fsp3) is 0.700. The van der Waals surface area contributed by atoms with E-state index in [2.05, 4.69) is 15.7 Å². The SMILES string of the molecule is COC1(CNCc2cscn2)CCOC1. The Labute approximate surface area is 93.6 Å². The van der Waals surface area contributed by atoms with Crippen molar-refractivity contribution < 1.29 is 9.47 Å². The molecule has 0 aliphatic carbocycles. The molecule has 1 unspecified atom stereocenters. The molecule has 0 amide bonds. The highest BCUT2D eigenvalue weighted by molar-refractivity contribution is 7.07. The molecular formula is C10H16N2O2S. The normalized spacial score (nSPS) is 25.9. The third kappa shape index (κ3) is 2.75. The first kappa shape index (κ1) is 11.0. The molecule has 2 heterocycles. The number of ether oxygens (including phenoxy) is 2. The van der Waals surface area contributed by atoms with Crippen LogP contribution in [0.3, 0.4) is 0 Å². The Morgan fingerprint density at radius 3 is 3.27 bits per heavy atom. The van der Waals surface area contributed by atoms with Crippen LogP contribution in [0.15, 0.2) is 10.9 Å². The van der Waals surface area contributed by atoms with E-state index < -0.39 is 0 Å². The first-order valence-electron chi connectivity index (χ1n) is 5.05. The van der Waals surface area contributed by atoms with Crippen LogP contribution in [0.1, 0.15) is 12.1 Å². The van der Waals surface area contributed by atoms with Gasteiger partial charge in [-0.25, -0.2) is 4.98 Å². The second-order valence-corrected chi connectivity index (χ2v) is 4.49. The van der Waals surface area contributed by atoms with Gasteiger partial charge in [-0.05, 0) is 0 Å². The number of rotatable bonds is 5. The molecule has 84 valence electrons. The van der Waals surface area contributed by atoms with Crippen molar-refractivity contribution in [2.24, 2.45) is 0 Å². The van der Waals surface area contributed by atoms with E-state index in [0.29, 0.717) is 6.61 Å². The van der Waals surface area contributed by atoms with Gasteiger partial charge in [0.2, 0.25) is 0 Å². The van der Waals surface area contributed by atoms with Crippen molar-refractivity contribution in [2.75, 3.05) is 26.9 Å². The number of nitrogens with zero attached hydrogens (tertiary/aromatic N) is 1. The molecule has 0 spiro atoms. The van der Waals surface area contributed by atoms with Gasteiger partial charge in [0, 0.05) is 38.6 Å². The predicted molar refractivity (Wildman–Crippen MR) is 59.0 cm³/mol. The smallest absolute Gasteiger partial charge is 0.106 e. The van der Waals surface area contributed by atoms with Gasteiger partial charge in [-0.15, -0.1) is 11.3 Å². The number of hydrogen-bond donors (Lipinski definition) is 1. The first-order chi connectivity index (χ1) is 7.35. The van der Waals surface area contributed by atoms with E-state index in [1.807, 2.05) is 5.51 Å². The quantitative estimate of drug-likeness (QED) is 0.817. The van der Waals surface area contributed by atoms with Crippen LogP contribution in [0.5, 0.6) is 0 Å². The minimum absolute atomic E-state index is 0.129. The topological polar surface area (TPSA) is 43.4 Å². The highest BCUT2D eigenvalue weighted by Crippen LogP contribution is 2.21. The van der Waals surface area contributed by atoms with Gasteiger partial charge < -0.3 is 14.8 Å². The Bertz CT molecular complexity index is 284. The highest BCUT2D eigenvalue weighted by atomic mass is 32.1. The maximum atomic E-state index is 5.51. The zero-order valence-corrected chi connectivity index (χ0v) is 9.68. The summed E-state index contributed by atoms with van der Waals surface area (Å²) in [6.07, 6.45) is 0.966. The molecule has 0 aromatic carbocycles. The minimum atomic E-state index is -0.129. The number of aromatic nitrogens is 1. The molecule has 1 aliphatic heterocycles. The molecule has 1 fully saturated rings. The fourth-order valence-corrected chi connectivity index (χ4v) is 2.26. The van der Waals surface area contributed by atoms with E-state index in [4.69, 9.17) is 9.47 Å². The Morgan fingerprint density at radius 1 is 1.73 bits per heavy atom. The van der Waals surface area contributed by atoms with Gasteiger partial charge in [0.1, 0.15) is 5.60 Å². The molecule has 1 atom stereocenters. The third-order valence-corrected chi connectivity index (χ3v) is 3.37. The van der Waals surface area contributed by atoms with Crippen LogP contribution < -0.4 is 5.32 Å². The maximum Gasteiger partial charge on any atom is 0.106 e. The molecule has 0 bridgehead atoms. The molecule has 1 aromatic rings. The van der Waals surface area contributed by atoms with E-state index in [0.717, 1.165) is 31.8 Å². The van der Waals surface area contributed by atoms with Crippen molar-refractivity contribution in [3.8, 4) is 0 Å². The van der Waals surface area contributed by atoms with Crippen LogP contribution in [-0.2, 0) is 16.0 Å². The van der Waals surface area contributed by atoms with Gasteiger partial charge in [-0.3, -0.25) is 0 Å². The molecule has 5 heteroatoms. The summed E-state index contributed by atoms with van der Waals surface area (Å²) >= 11 is 1.62. The Hall–Kier alpha value is -0.490. The van der Waals surface area contributed by atoms with Crippen LogP contribution in [0.25, 0.3) is 0 Å². The minimum Gasteiger partial charge on any atom is -0.378 e.